The molecule has 0 aromatic carbocycles. The highest BCUT2D eigenvalue weighted by Crippen LogP contribution is 2.21. The lowest BCUT2D eigenvalue weighted by molar-refractivity contribution is 0.729. The standard InChI is InChI=1S/C12H16N2/c1-9-11-7-5-3-4-6-8-12(11)10(2)14-13-9/h5,7H,3-4,6,8H2,1-2H3/b7-5-. The van der Waals surface area contributed by atoms with Gasteiger partial charge in [0.1, 0.15) is 0 Å². The first-order chi connectivity index (χ1) is 6.79. The molecule has 0 radical (unpaired) electrons. The van der Waals surface area contributed by atoms with E-state index < -0.39 is 0 Å². The summed E-state index contributed by atoms with van der Waals surface area (Å²) in [4.78, 5) is 0. The molecule has 0 saturated heterocycles. The highest BCUT2D eigenvalue weighted by molar-refractivity contribution is 5.57. The van der Waals surface area contributed by atoms with E-state index in [-0.39, 0.29) is 0 Å². The normalized spacial score (nSPS) is 18.1. The fraction of sp³-hybridized carbons (Fsp3) is 0.500. The summed E-state index contributed by atoms with van der Waals surface area (Å²) < 4.78 is 0. The van der Waals surface area contributed by atoms with E-state index in [0.717, 1.165) is 17.8 Å². The van der Waals surface area contributed by atoms with Crippen molar-refractivity contribution >= 4 is 6.08 Å². The SMILES string of the molecule is Cc1nnc(C)c2c1/C=C\CCCC2. The predicted octanol–water partition coefficient (Wildman–Crippen LogP) is 2.83. The Morgan fingerprint density at radius 1 is 1.07 bits per heavy atom. The van der Waals surface area contributed by atoms with Crippen molar-refractivity contribution in [2.24, 2.45) is 0 Å². The first-order valence-corrected chi connectivity index (χ1v) is 5.28. The molecule has 1 aliphatic carbocycles. The average molecular weight is 188 g/mol. The molecule has 1 aromatic heterocycles. The number of fused-ring (bicyclic) bond motifs is 1. The van der Waals surface area contributed by atoms with E-state index in [1.807, 2.05) is 6.92 Å². The summed E-state index contributed by atoms with van der Waals surface area (Å²) in [6.07, 6.45) is 9.37. The molecule has 0 amide bonds. The van der Waals surface area contributed by atoms with Crippen LogP contribution in [-0.4, -0.2) is 10.2 Å². The third-order valence-electron chi connectivity index (χ3n) is 2.83. The van der Waals surface area contributed by atoms with Crippen molar-refractivity contribution < 1.29 is 0 Å². The van der Waals surface area contributed by atoms with E-state index >= 15 is 0 Å². The molecule has 1 aliphatic rings. The summed E-state index contributed by atoms with van der Waals surface area (Å²) in [5.41, 5.74) is 4.85. The largest absolute Gasteiger partial charge is 0.155 e. The van der Waals surface area contributed by atoms with Crippen LogP contribution in [0.2, 0.25) is 0 Å². The predicted molar refractivity (Wildman–Crippen MR) is 58.1 cm³/mol. The highest BCUT2D eigenvalue weighted by atomic mass is 15.1. The zero-order valence-corrected chi connectivity index (χ0v) is 8.88. The third-order valence-corrected chi connectivity index (χ3v) is 2.83. The molecule has 0 spiro atoms. The van der Waals surface area contributed by atoms with E-state index in [1.54, 1.807) is 0 Å². The molecule has 0 aliphatic heterocycles. The van der Waals surface area contributed by atoms with E-state index in [2.05, 4.69) is 29.3 Å². The molecule has 2 heteroatoms. The maximum absolute atomic E-state index is 4.18. The van der Waals surface area contributed by atoms with Crippen LogP contribution in [-0.2, 0) is 6.42 Å². The van der Waals surface area contributed by atoms with Crippen LogP contribution < -0.4 is 0 Å². The van der Waals surface area contributed by atoms with Gasteiger partial charge in [-0.05, 0) is 45.1 Å². The van der Waals surface area contributed by atoms with Gasteiger partial charge in [0.2, 0.25) is 0 Å². The van der Waals surface area contributed by atoms with Crippen LogP contribution in [0.25, 0.3) is 6.08 Å². The molecule has 2 nitrogen and oxygen atoms in total. The smallest absolute Gasteiger partial charge is 0.0675 e. The Kier molecular flexibility index (Phi) is 2.62. The van der Waals surface area contributed by atoms with Gasteiger partial charge in [-0.1, -0.05) is 12.2 Å². The zero-order chi connectivity index (χ0) is 9.97. The van der Waals surface area contributed by atoms with Crippen molar-refractivity contribution in [2.75, 3.05) is 0 Å². The molecule has 0 atom stereocenters. The number of rotatable bonds is 0. The second-order valence-corrected chi connectivity index (χ2v) is 3.91. The molecule has 0 bridgehead atoms. The summed E-state index contributed by atoms with van der Waals surface area (Å²) in [6.45, 7) is 4.10. The lowest BCUT2D eigenvalue weighted by Gasteiger charge is -2.12. The number of aryl methyl sites for hydroxylation is 2. The van der Waals surface area contributed by atoms with Crippen molar-refractivity contribution in [1.82, 2.24) is 10.2 Å². The zero-order valence-electron chi connectivity index (χ0n) is 8.88. The van der Waals surface area contributed by atoms with E-state index in [9.17, 15) is 0 Å². The molecule has 1 heterocycles. The van der Waals surface area contributed by atoms with Gasteiger partial charge < -0.3 is 0 Å². The molecule has 0 saturated carbocycles. The summed E-state index contributed by atoms with van der Waals surface area (Å²) in [5, 5.41) is 8.34. The maximum atomic E-state index is 4.18. The van der Waals surface area contributed by atoms with Crippen LogP contribution in [0, 0.1) is 13.8 Å². The van der Waals surface area contributed by atoms with Crippen molar-refractivity contribution in [3.05, 3.63) is 28.6 Å². The van der Waals surface area contributed by atoms with Crippen LogP contribution in [0.1, 0.15) is 41.8 Å². The molecule has 0 N–H and O–H groups in total. The van der Waals surface area contributed by atoms with Crippen LogP contribution in [0.3, 0.4) is 0 Å². The lowest BCUT2D eigenvalue weighted by Crippen LogP contribution is -2.04. The van der Waals surface area contributed by atoms with Crippen molar-refractivity contribution in [3.63, 3.8) is 0 Å². The fourth-order valence-electron chi connectivity index (χ4n) is 1.98. The summed E-state index contributed by atoms with van der Waals surface area (Å²) in [5.74, 6) is 0. The van der Waals surface area contributed by atoms with Crippen molar-refractivity contribution in [2.45, 2.75) is 39.5 Å². The first-order valence-electron chi connectivity index (χ1n) is 5.28. The molecule has 14 heavy (non-hydrogen) atoms. The molecular weight excluding hydrogens is 172 g/mol. The van der Waals surface area contributed by atoms with Gasteiger partial charge in [0.05, 0.1) is 11.4 Å². The minimum atomic E-state index is 1.06. The summed E-state index contributed by atoms with van der Waals surface area (Å²) >= 11 is 0. The molecule has 0 fully saturated rings. The van der Waals surface area contributed by atoms with Crippen LogP contribution in [0.4, 0.5) is 0 Å². The van der Waals surface area contributed by atoms with Crippen molar-refractivity contribution in [3.8, 4) is 0 Å². The Bertz CT molecular complexity index is 367. The van der Waals surface area contributed by atoms with Gasteiger partial charge in [-0.25, -0.2) is 0 Å². The molecule has 1 aromatic rings. The third kappa shape index (κ3) is 1.69. The Morgan fingerprint density at radius 3 is 2.71 bits per heavy atom. The van der Waals surface area contributed by atoms with Gasteiger partial charge in [0.15, 0.2) is 0 Å². The number of hydrogen-bond donors (Lipinski definition) is 0. The minimum Gasteiger partial charge on any atom is -0.155 e. The maximum Gasteiger partial charge on any atom is 0.0675 e. The monoisotopic (exact) mass is 188 g/mol. The Morgan fingerprint density at radius 2 is 1.86 bits per heavy atom. The summed E-state index contributed by atoms with van der Waals surface area (Å²) in [6, 6.07) is 0. The van der Waals surface area contributed by atoms with Gasteiger partial charge >= 0.3 is 0 Å². The first kappa shape index (κ1) is 9.38. The van der Waals surface area contributed by atoms with Gasteiger partial charge in [0, 0.05) is 5.56 Å². The number of nitrogens with zero attached hydrogens (tertiary/aromatic N) is 2. The molecule has 0 unspecified atom stereocenters. The Labute approximate surface area is 85.1 Å². The van der Waals surface area contributed by atoms with Gasteiger partial charge in [-0.3, -0.25) is 0 Å². The Hall–Kier alpha value is -1.18. The lowest BCUT2D eigenvalue weighted by atomic mass is 9.96. The van der Waals surface area contributed by atoms with E-state index in [1.165, 1.54) is 30.4 Å². The molecule has 74 valence electrons. The fourth-order valence-corrected chi connectivity index (χ4v) is 1.98. The topological polar surface area (TPSA) is 25.8 Å². The van der Waals surface area contributed by atoms with E-state index in [0.29, 0.717) is 0 Å². The van der Waals surface area contributed by atoms with Crippen LogP contribution in [0.15, 0.2) is 6.08 Å². The summed E-state index contributed by atoms with van der Waals surface area (Å²) in [7, 11) is 0. The van der Waals surface area contributed by atoms with Gasteiger partial charge in [0.25, 0.3) is 0 Å². The quantitative estimate of drug-likeness (QED) is 0.625. The average Bonchev–Trinajstić information content (AvgIpc) is 2.11. The second-order valence-electron chi connectivity index (χ2n) is 3.91. The van der Waals surface area contributed by atoms with Crippen LogP contribution >= 0.6 is 0 Å². The molecule has 2 rings (SSSR count). The van der Waals surface area contributed by atoms with E-state index in [4.69, 9.17) is 0 Å². The highest BCUT2D eigenvalue weighted by Gasteiger charge is 2.10. The minimum absolute atomic E-state index is 1.06. The second kappa shape index (κ2) is 3.91. The molecular formula is C12H16N2. The number of allylic oxidation sites excluding steroid dienone is 1. The van der Waals surface area contributed by atoms with Crippen molar-refractivity contribution in [1.29, 1.82) is 0 Å². The van der Waals surface area contributed by atoms with Gasteiger partial charge in [-0.2, -0.15) is 10.2 Å². The van der Waals surface area contributed by atoms with Crippen LogP contribution in [0.5, 0.6) is 0 Å². The number of aromatic nitrogens is 2. The Balaban J connectivity index is 2.54. The van der Waals surface area contributed by atoms with Gasteiger partial charge in [-0.15, -0.1) is 0 Å². The number of hydrogen-bond acceptors (Lipinski definition) is 2.